The number of anilines is 1. The fraction of sp³-hybridized carbons (Fsp3) is 0.316. The minimum absolute atomic E-state index is 0.0509. The van der Waals surface area contributed by atoms with E-state index in [1.54, 1.807) is 0 Å². The van der Waals surface area contributed by atoms with Crippen molar-refractivity contribution in [1.29, 1.82) is 0 Å². The molecule has 0 saturated heterocycles. The first-order valence-corrected chi connectivity index (χ1v) is 8.07. The molecular formula is C19H22N2O2. The summed E-state index contributed by atoms with van der Waals surface area (Å²) >= 11 is 0. The van der Waals surface area contributed by atoms with E-state index in [2.05, 4.69) is 11.4 Å². The van der Waals surface area contributed by atoms with Gasteiger partial charge >= 0.3 is 6.03 Å². The second-order valence-electron chi connectivity index (χ2n) is 5.78. The number of fused-ring (bicyclic) bond motifs is 1. The maximum absolute atomic E-state index is 12.4. The van der Waals surface area contributed by atoms with E-state index in [9.17, 15) is 4.79 Å². The van der Waals surface area contributed by atoms with Gasteiger partial charge in [0.05, 0.1) is 6.54 Å². The molecule has 2 amide bonds. The first-order chi connectivity index (χ1) is 11.2. The number of amides is 2. The fourth-order valence-electron chi connectivity index (χ4n) is 2.87. The summed E-state index contributed by atoms with van der Waals surface area (Å²) in [5.74, 6) is 0.836. The molecule has 0 bridgehead atoms. The fourth-order valence-corrected chi connectivity index (χ4v) is 2.87. The van der Waals surface area contributed by atoms with Crippen LogP contribution >= 0.6 is 0 Å². The van der Waals surface area contributed by atoms with Gasteiger partial charge in [0.15, 0.2) is 0 Å². The molecule has 0 unspecified atom stereocenters. The molecule has 3 rings (SSSR count). The molecule has 1 heterocycles. The van der Waals surface area contributed by atoms with Crippen molar-refractivity contribution in [3.63, 3.8) is 0 Å². The van der Waals surface area contributed by atoms with Gasteiger partial charge in [-0.15, -0.1) is 0 Å². The largest absolute Gasteiger partial charge is 0.492 e. The molecule has 0 fully saturated rings. The Balaban J connectivity index is 1.50. The molecule has 0 spiro atoms. The third kappa shape index (κ3) is 3.83. The molecule has 0 saturated carbocycles. The van der Waals surface area contributed by atoms with Crippen LogP contribution in [0.1, 0.15) is 17.5 Å². The summed E-state index contributed by atoms with van der Waals surface area (Å²) in [7, 11) is 0. The van der Waals surface area contributed by atoms with Crippen molar-refractivity contribution in [2.45, 2.75) is 19.8 Å². The standard InChI is InChI=1S/C19H22N2O2/c1-15-6-4-9-17(14-15)23-13-11-20-19(22)21-12-5-8-16-7-2-3-10-18(16)21/h2-4,6-7,9-10,14H,5,8,11-13H2,1H3,(H,20,22). The molecule has 1 aliphatic heterocycles. The van der Waals surface area contributed by atoms with Gasteiger partial charge in [-0.1, -0.05) is 30.3 Å². The number of ether oxygens (including phenoxy) is 1. The number of carbonyl (C=O) groups excluding carboxylic acids is 1. The van der Waals surface area contributed by atoms with Crippen LogP contribution in [0.25, 0.3) is 0 Å². The molecule has 0 aliphatic carbocycles. The summed E-state index contributed by atoms with van der Waals surface area (Å²) in [6, 6.07) is 16.0. The predicted octanol–water partition coefficient (Wildman–Crippen LogP) is 3.54. The number of nitrogens with one attached hydrogen (secondary N) is 1. The number of benzene rings is 2. The highest BCUT2D eigenvalue weighted by molar-refractivity contribution is 5.93. The maximum Gasteiger partial charge on any atom is 0.321 e. The van der Waals surface area contributed by atoms with Crippen LogP contribution in [-0.4, -0.2) is 25.7 Å². The molecule has 23 heavy (non-hydrogen) atoms. The molecule has 1 N–H and O–H groups in total. The topological polar surface area (TPSA) is 41.6 Å². The van der Waals surface area contributed by atoms with Crippen molar-refractivity contribution in [1.82, 2.24) is 5.32 Å². The van der Waals surface area contributed by atoms with E-state index in [-0.39, 0.29) is 6.03 Å². The number of aryl methyl sites for hydroxylation is 2. The molecule has 4 nitrogen and oxygen atoms in total. The SMILES string of the molecule is Cc1cccc(OCCNC(=O)N2CCCc3ccccc32)c1. The van der Waals surface area contributed by atoms with Crippen molar-refractivity contribution < 1.29 is 9.53 Å². The zero-order valence-corrected chi connectivity index (χ0v) is 13.4. The lowest BCUT2D eigenvalue weighted by Gasteiger charge is -2.29. The summed E-state index contributed by atoms with van der Waals surface area (Å²) in [5.41, 5.74) is 3.43. The number of nitrogens with zero attached hydrogens (tertiary/aromatic N) is 1. The van der Waals surface area contributed by atoms with Gasteiger partial charge in [-0.2, -0.15) is 0 Å². The van der Waals surface area contributed by atoms with E-state index in [1.807, 2.05) is 54.3 Å². The molecule has 4 heteroatoms. The van der Waals surface area contributed by atoms with Crippen molar-refractivity contribution in [2.24, 2.45) is 0 Å². The maximum atomic E-state index is 12.4. The number of carbonyl (C=O) groups is 1. The predicted molar refractivity (Wildman–Crippen MR) is 92.2 cm³/mol. The highest BCUT2D eigenvalue weighted by Crippen LogP contribution is 2.26. The van der Waals surface area contributed by atoms with Crippen molar-refractivity contribution in [2.75, 3.05) is 24.6 Å². The highest BCUT2D eigenvalue weighted by atomic mass is 16.5. The quantitative estimate of drug-likeness (QED) is 0.878. The van der Waals surface area contributed by atoms with Crippen LogP contribution in [0.15, 0.2) is 48.5 Å². The molecule has 1 aliphatic rings. The zero-order valence-electron chi connectivity index (χ0n) is 13.4. The average Bonchev–Trinajstić information content (AvgIpc) is 2.58. The van der Waals surface area contributed by atoms with Gasteiger partial charge in [-0.05, 0) is 49.1 Å². The first-order valence-electron chi connectivity index (χ1n) is 8.07. The zero-order chi connectivity index (χ0) is 16.1. The Bertz CT molecular complexity index is 685. The molecule has 120 valence electrons. The van der Waals surface area contributed by atoms with Gasteiger partial charge in [0, 0.05) is 12.2 Å². The van der Waals surface area contributed by atoms with Crippen molar-refractivity contribution in [3.05, 3.63) is 59.7 Å². The van der Waals surface area contributed by atoms with E-state index in [0.29, 0.717) is 13.2 Å². The summed E-state index contributed by atoms with van der Waals surface area (Å²) in [6.45, 7) is 3.75. The number of hydrogen-bond donors (Lipinski definition) is 1. The third-order valence-electron chi connectivity index (χ3n) is 3.99. The summed E-state index contributed by atoms with van der Waals surface area (Å²) in [4.78, 5) is 14.2. The van der Waals surface area contributed by atoms with Crippen LogP contribution in [0.5, 0.6) is 5.75 Å². The number of para-hydroxylation sites is 1. The Morgan fingerprint density at radius 2 is 2.09 bits per heavy atom. The molecular weight excluding hydrogens is 288 g/mol. The van der Waals surface area contributed by atoms with Gasteiger partial charge < -0.3 is 10.1 Å². The highest BCUT2D eigenvalue weighted by Gasteiger charge is 2.21. The van der Waals surface area contributed by atoms with Crippen molar-refractivity contribution >= 4 is 11.7 Å². The van der Waals surface area contributed by atoms with E-state index in [0.717, 1.165) is 36.4 Å². The summed E-state index contributed by atoms with van der Waals surface area (Å²) < 4.78 is 5.66. The Hall–Kier alpha value is -2.49. The molecule has 0 radical (unpaired) electrons. The lowest BCUT2D eigenvalue weighted by atomic mass is 10.0. The van der Waals surface area contributed by atoms with Crippen LogP contribution in [0.3, 0.4) is 0 Å². The van der Waals surface area contributed by atoms with Crippen LogP contribution < -0.4 is 15.0 Å². The van der Waals surface area contributed by atoms with Gasteiger partial charge in [-0.25, -0.2) is 4.79 Å². The molecule has 0 atom stereocenters. The van der Waals surface area contributed by atoms with Crippen LogP contribution in [-0.2, 0) is 6.42 Å². The van der Waals surface area contributed by atoms with E-state index >= 15 is 0 Å². The monoisotopic (exact) mass is 310 g/mol. The summed E-state index contributed by atoms with van der Waals surface area (Å²) in [6.07, 6.45) is 2.04. The van der Waals surface area contributed by atoms with Crippen LogP contribution in [0, 0.1) is 6.92 Å². The van der Waals surface area contributed by atoms with Gasteiger partial charge in [0.1, 0.15) is 12.4 Å². The van der Waals surface area contributed by atoms with Gasteiger partial charge in [0.2, 0.25) is 0 Å². The van der Waals surface area contributed by atoms with Gasteiger partial charge in [-0.3, -0.25) is 4.90 Å². The Kier molecular flexibility index (Phi) is 4.81. The Morgan fingerprint density at radius 1 is 1.22 bits per heavy atom. The van der Waals surface area contributed by atoms with E-state index < -0.39 is 0 Å². The van der Waals surface area contributed by atoms with Crippen LogP contribution in [0.4, 0.5) is 10.5 Å². The Labute approximate surface area is 137 Å². The van der Waals surface area contributed by atoms with E-state index in [4.69, 9.17) is 4.74 Å². The Morgan fingerprint density at radius 3 is 2.96 bits per heavy atom. The number of urea groups is 1. The average molecular weight is 310 g/mol. The third-order valence-corrected chi connectivity index (χ3v) is 3.99. The minimum atomic E-state index is -0.0509. The normalized spacial score (nSPS) is 13.3. The van der Waals surface area contributed by atoms with Crippen molar-refractivity contribution in [3.8, 4) is 5.75 Å². The molecule has 2 aromatic rings. The number of rotatable bonds is 4. The molecule has 0 aromatic heterocycles. The lowest BCUT2D eigenvalue weighted by molar-refractivity contribution is 0.241. The molecule has 2 aromatic carbocycles. The smallest absolute Gasteiger partial charge is 0.321 e. The lowest BCUT2D eigenvalue weighted by Crippen LogP contribution is -2.44. The van der Waals surface area contributed by atoms with Gasteiger partial charge in [0.25, 0.3) is 0 Å². The minimum Gasteiger partial charge on any atom is -0.492 e. The summed E-state index contributed by atoms with van der Waals surface area (Å²) in [5, 5.41) is 2.94. The second-order valence-corrected chi connectivity index (χ2v) is 5.78. The van der Waals surface area contributed by atoms with E-state index in [1.165, 1.54) is 5.56 Å². The first kappa shape index (κ1) is 15.4. The second kappa shape index (κ2) is 7.18. The number of hydrogen-bond acceptors (Lipinski definition) is 2. The van der Waals surface area contributed by atoms with Crippen LogP contribution in [0.2, 0.25) is 0 Å².